The lowest BCUT2D eigenvalue weighted by molar-refractivity contribution is -0.150. The average molecular weight is 300 g/mol. The van der Waals surface area contributed by atoms with E-state index in [1.165, 1.54) is 6.07 Å². The molecule has 20 heavy (non-hydrogen) atoms. The minimum absolute atomic E-state index is 0.0981. The fraction of sp³-hybridized carbons (Fsp3) is 0.533. The molecule has 0 radical (unpaired) electrons. The highest BCUT2D eigenvalue weighted by atomic mass is 35.5. The molecule has 1 aliphatic rings. The fourth-order valence-electron chi connectivity index (χ4n) is 2.54. The van der Waals surface area contributed by atoms with Crippen molar-refractivity contribution >= 4 is 17.6 Å². The predicted molar refractivity (Wildman–Crippen MR) is 76.0 cm³/mol. The maximum atomic E-state index is 13.8. The van der Waals surface area contributed by atoms with Crippen LogP contribution in [0.5, 0.6) is 0 Å². The Kier molecular flexibility index (Phi) is 5.38. The summed E-state index contributed by atoms with van der Waals surface area (Å²) in [6.45, 7) is 4.21. The molecule has 1 fully saturated rings. The number of likely N-dealkylation sites (tertiary alicyclic amines) is 1. The van der Waals surface area contributed by atoms with Crippen LogP contribution in [-0.4, -0.2) is 30.6 Å². The lowest BCUT2D eigenvalue weighted by Crippen LogP contribution is -2.39. The van der Waals surface area contributed by atoms with E-state index in [1.54, 1.807) is 12.1 Å². The van der Waals surface area contributed by atoms with Crippen LogP contribution in [0.1, 0.15) is 25.3 Å². The van der Waals surface area contributed by atoms with Crippen molar-refractivity contribution in [3.8, 4) is 0 Å². The first-order chi connectivity index (χ1) is 9.60. The van der Waals surface area contributed by atoms with Gasteiger partial charge in [-0.2, -0.15) is 0 Å². The Morgan fingerprint density at radius 1 is 1.55 bits per heavy atom. The van der Waals surface area contributed by atoms with Crippen LogP contribution in [0.4, 0.5) is 4.39 Å². The van der Waals surface area contributed by atoms with Gasteiger partial charge in [0.15, 0.2) is 0 Å². The lowest BCUT2D eigenvalue weighted by atomic mass is 9.97. The van der Waals surface area contributed by atoms with Crippen LogP contribution in [0.3, 0.4) is 0 Å². The van der Waals surface area contributed by atoms with Crippen molar-refractivity contribution in [2.24, 2.45) is 5.92 Å². The molecule has 0 aromatic heterocycles. The second-order valence-corrected chi connectivity index (χ2v) is 5.50. The maximum Gasteiger partial charge on any atom is 0.310 e. The second kappa shape index (κ2) is 7.04. The Bertz CT molecular complexity index is 481. The molecular formula is C15H19ClFNO2. The highest BCUT2D eigenvalue weighted by Gasteiger charge is 2.27. The molecule has 1 heterocycles. The number of nitrogens with zero attached hydrogens (tertiary/aromatic N) is 1. The summed E-state index contributed by atoms with van der Waals surface area (Å²) in [4.78, 5) is 13.9. The molecule has 1 aromatic carbocycles. The summed E-state index contributed by atoms with van der Waals surface area (Å²) in [7, 11) is 0. The molecule has 1 unspecified atom stereocenters. The van der Waals surface area contributed by atoms with Gasteiger partial charge in [0.1, 0.15) is 5.82 Å². The van der Waals surface area contributed by atoms with Gasteiger partial charge in [0.25, 0.3) is 0 Å². The van der Waals surface area contributed by atoms with Crippen molar-refractivity contribution in [2.45, 2.75) is 26.3 Å². The quantitative estimate of drug-likeness (QED) is 0.799. The van der Waals surface area contributed by atoms with E-state index in [2.05, 4.69) is 4.90 Å². The van der Waals surface area contributed by atoms with Gasteiger partial charge >= 0.3 is 5.97 Å². The molecule has 0 bridgehead atoms. The molecule has 1 aliphatic heterocycles. The number of carbonyl (C=O) groups is 1. The summed E-state index contributed by atoms with van der Waals surface area (Å²) < 4.78 is 18.8. The minimum atomic E-state index is -0.296. The van der Waals surface area contributed by atoms with Crippen LogP contribution < -0.4 is 0 Å². The Hall–Kier alpha value is -1.13. The van der Waals surface area contributed by atoms with E-state index in [4.69, 9.17) is 16.3 Å². The Balaban J connectivity index is 1.97. The van der Waals surface area contributed by atoms with Gasteiger partial charge in [-0.25, -0.2) is 4.39 Å². The molecule has 3 nitrogen and oxygen atoms in total. The summed E-state index contributed by atoms with van der Waals surface area (Å²) in [6, 6.07) is 4.71. The highest BCUT2D eigenvalue weighted by molar-refractivity contribution is 6.30. The summed E-state index contributed by atoms with van der Waals surface area (Å²) in [6.07, 6.45) is 1.77. The fourth-order valence-corrected chi connectivity index (χ4v) is 2.70. The number of piperidine rings is 1. The van der Waals surface area contributed by atoms with Gasteiger partial charge in [0.2, 0.25) is 0 Å². The zero-order valence-corrected chi connectivity index (χ0v) is 12.3. The number of benzene rings is 1. The number of hydrogen-bond donors (Lipinski definition) is 0. The number of carbonyl (C=O) groups excluding carboxylic acids is 1. The van der Waals surface area contributed by atoms with Crippen LogP contribution in [-0.2, 0) is 16.1 Å². The molecule has 1 aromatic rings. The van der Waals surface area contributed by atoms with E-state index in [0.29, 0.717) is 30.3 Å². The molecule has 0 N–H and O–H groups in total. The molecule has 2 rings (SSSR count). The topological polar surface area (TPSA) is 29.5 Å². The van der Waals surface area contributed by atoms with Gasteiger partial charge in [-0.15, -0.1) is 0 Å². The van der Waals surface area contributed by atoms with Gasteiger partial charge in [0.05, 0.1) is 12.5 Å². The molecule has 110 valence electrons. The molecule has 1 atom stereocenters. The van der Waals surface area contributed by atoms with Gasteiger partial charge in [0, 0.05) is 23.7 Å². The molecule has 0 aliphatic carbocycles. The molecular weight excluding hydrogens is 281 g/mol. The largest absolute Gasteiger partial charge is 0.466 e. The van der Waals surface area contributed by atoms with E-state index < -0.39 is 0 Å². The van der Waals surface area contributed by atoms with Crippen molar-refractivity contribution < 1.29 is 13.9 Å². The van der Waals surface area contributed by atoms with E-state index in [-0.39, 0.29) is 17.7 Å². The smallest absolute Gasteiger partial charge is 0.310 e. The van der Waals surface area contributed by atoms with E-state index in [1.807, 2.05) is 6.92 Å². The molecule has 0 saturated carbocycles. The van der Waals surface area contributed by atoms with E-state index in [9.17, 15) is 9.18 Å². The number of esters is 1. The Morgan fingerprint density at radius 3 is 3.05 bits per heavy atom. The molecule has 0 amide bonds. The second-order valence-electron chi connectivity index (χ2n) is 5.06. The SMILES string of the molecule is CCOC(=O)C1CCCN(Cc2ccc(Cl)cc2F)C1. The number of halogens is 2. The van der Waals surface area contributed by atoms with Crippen LogP contribution >= 0.6 is 11.6 Å². The molecule has 0 spiro atoms. The van der Waals surface area contributed by atoms with Crippen LogP contribution in [0.15, 0.2) is 18.2 Å². The van der Waals surface area contributed by atoms with Gasteiger partial charge in [-0.1, -0.05) is 17.7 Å². The third-order valence-electron chi connectivity index (χ3n) is 3.53. The van der Waals surface area contributed by atoms with Crippen LogP contribution in [0.25, 0.3) is 0 Å². The van der Waals surface area contributed by atoms with Crippen molar-refractivity contribution in [1.82, 2.24) is 4.90 Å². The minimum Gasteiger partial charge on any atom is -0.466 e. The first kappa shape index (κ1) is 15.3. The van der Waals surface area contributed by atoms with Crippen molar-refractivity contribution in [3.05, 3.63) is 34.6 Å². The Morgan fingerprint density at radius 2 is 2.35 bits per heavy atom. The highest BCUT2D eigenvalue weighted by Crippen LogP contribution is 2.22. The first-order valence-corrected chi connectivity index (χ1v) is 7.31. The normalized spacial score (nSPS) is 19.9. The number of rotatable bonds is 4. The van der Waals surface area contributed by atoms with E-state index >= 15 is 0 Å². The van der Waals surface area contributed by atoms with Gasteiger partial charge in [-0.05, 0) is 38.4 Å². The summed E-state index contributed by atoms with van der Waals surface area (Å²) >= 11 is 5.74. The van der Waals surface area contributed by atoms with Crippen molar-refractivity contribution in [2.75, 3.05) is 19.7 Å². The Labute approximate surface area is 123 Å². The van der Waals surface area contributed by atoms with E-state index in [0.717, 1.165) is 19.4 Å². The summed E-state index contributed by atoms with van der Waals surface area (Å²) in [5.74, 6) is -0.538. The van der Waals surface area contributed by atoms with Crippen LogP contribution in [0.2, 0.25) is 5.02 Å². The monoisotopic (exact) mass is 299 g/mol. The third-order valence-corrected chi connectivity index (χ3v) is 3.77. The van der Waals surface area contributed by atoms with Gasteiger partial charge < -0.3 is 4.74 Å². The summed E-state index contributed by atoms with van der Waals surface area (Å²) in [5, 5.41) is 0.397. The van der Waals surface area contributed by atoms with Crippen molar-refractivity contribution in [3.63, 3.8) is 0 Å². The standard InChI is InChI=1S/C15H19ClFNO2/c1-2-20-15(19)12-4-3-7-18(10-12)9-11-5-6-13(16)8-14(11)17/h5-6,8,12H,2-4,7,9-10H2,1H3. The van der Waals surface area contributed by atoms with Crippen molar-refractivity contribution in [1.29, 1.82) is 0 Å². The number of hydrogen-bond acceptors (Lipinski definition) is 3. The molecule has 5 heteroatoms. The first-order valence-electron chi connectivity index (χ1n) is 6.93. The zero-order valence-electron chi connectivity index (χ0n) is 11.6. The molecule has 1 saturated heterocycles. The summed E-state index contributed by atoms with van der Waals surface area (Å²) in [5.41, 5.74) is 0.610. The van der Waals surface area contributed by atoms with Gasteiger partial charge in [-0.3, -0.25) is 9.69 Å². The zero-order chi connectivity index (χ0) is 14.5. The maximum absolute atomic E-state index is 13.8. The third kappa shape index (κ3) is 3.93. The number of ether oxygens (including phenoxy) is 1. The predicted octanol–water partition coefficient (Wildman–Crippen LogP) is 3.25. The lowest BCUT2D eigenvalue weighted by Gasteiger charge is -2.31. The van der Waals surface area contributed by atoms with Crippen LogP contribution in [0, 0.1) is 11.7 Å². The average Bonchev–Trinajstić information content (AvgIpc) is 2.43.